The first kappa shape index (κ1) is 21.9. The van der Waals surface area contributed by atoms with E-state index in [4.69, 9.17) is 4.74 Å². The van der Waals surface area contributed by atoms with Crippen molar-refractivity contribution in [3.63, 3.8) is 0 Å². The number of hydrogen-bond donors (Lipinski definition) is 1. The molecule has 2 aromatic carbocycles. The molecule has 0 bridgehead atoms. The van der Waals surface area contributed by atoms with Crippen molar-refractivity contribution in [3.8, 4) is 5.75 Å². The normalized spacial score (nSPS) is 17.9. The van der Waals surface area contributed by atoms with E-state index in [9.17, 15) is 9.59 Å². The van der Waals surface area contributed by atoms with Crippen LogP contribution in [0.3, 0.4) is 0 Å². The topological polar surface area (TPSA) is 71.0 Å². The van der Waals surface area contributed by atoms with E-state index in [0.29, 0.717) is 17.5 Å². The van der Waals surface area contributed by atoms with E-state index in [1.165, 1.54) is 22.2 Å². The van der Waals surface area contributed by atoms with Crippen molar-refractivity contribution < 1.29 is 14.3 Å². The van der Waals surface area contributed by atoms with Gasteiger partial charge in [-0.15, -0.1) is 0 Å². The Bertz CT molecular complexity index is 957. The molecule has 0 spiro atoms. The molecule has 0 saturated carbocycles. The zero-order chi connectivity index (χ0) is 21.7. The summed E-state index contributed by atoms with van der Waals surface area (Å²) in [6.45, 7) is 6.77. The molecule has 1 atom stereocenters. The fourth-order valence-corrected chi connectivity index (χ4v) is 3.94. The Balaban J connectivity index is 1.71. The highest BCUT2D eigenvalue weighted by molar-refractivity contribution is 8.15. The van der Waals surface area contributed by atoms with Gasteiger partial charge in [0.25, 0.3) is 0 Å². The number of thioether (sulfide) groups is 1. The molecule has 1 N–H and O–H groups in total. The van der Waals surface area contributed by atoms with Gasteiger partial charge in [0.15, 0.2) is 5.17 Å². The Kier molecular flexibility index (Phi) is 7.15. The zero-order valence-electron chi connectivity index (χ0n) is 17.8. The summed E-state index contributed by atoms with van der Waals surface area (Å²) in [6.07, 6.45) is 1.07. The molecule has 1 fully saturated rings. The molecule has 158 valence electrons. The lowest BCUT2D eigenvalue weighted by Crippen LogP contribution is -2.43. The standard InChI is InChI=1S/C23H27N3O3S/c1-5-12-29-19-10-8-17(9-11-19)24-22(28)20-14-21(27)26(4)23(30-20)25-18-7-6-15(2)16(3)13-18/h6-11,13,20H,5,12,14H2,1-4H3,(H,24,28). The number of amidine groups is 1. The monoisotopic (exact) mass is 425 g/mol. The van der Waals surface area contributed by atoms with E-state index in [0.717, 1.165) is 23.4 Å². The fourth-order valence-electron chi connectivity index (χ4n) is 2.88. The minimum Gasteiger partial charge on any atom is -0.494 e. The van der Waals surface area contributed by atoms with E-state index in [1.807, 2.05) is 51.1 Å². The van der Waals surface area contributed by atoms with Crippen molar-refractivity contribution in [1.82, 2.24) is 4.90 Å². The second kappa shape index (κ2) is 9.80. The van der Waals surface area contributed by atoms with Gasteiger partial charge in [0.2, 0.25) is 11.8 Å². The number of anilines is 1. The maximum Gasteiger partial charge on any atom is 0.238 e. The molecular formula is C23H27N3O3S. The number of aliphatic imine (C=N–C) groups is 1. The molecule has 2 amide bonds. The molecule has 0 aromatic heterocycles. The number of amides is 2. The maximum atomic E-state index is 12.8. The van der Waals surface area contributed by atoms with Crippen LogP contribution in [0.15, 0.2) is 47.5 Å². The fraction of sp³-hybridized carbons (Fsp3) is 0.348. The molecule has 1 aliphatic rings. The number of ether oxygens (including phenoxy) is 1. The van der Waals surface area contributed by atoms with Crippen LogP contribution in [0.25, 0.3) is 0 Å². The molecule has 6 nitrogen and oxygen atoms in total. The van der Waals surface area contributed by atoms with E-state index >= 15 is 0 Å². The van der Waals surface area contributed by atoms with Crippen LogP contribution in [0, 0.1) is 13.8 Å². The molecule has 1 unspecified atom stereocenters. The second-order valence-electron chi connectivity index (χ2n) is 7.29. The molecule has 1 heterocycles. The maximum absolute atomic E-state index is 12.8. The third-order valence-corrected chi connectivity index (χ3v) is 6.11. The molecule has 0 radical (unpaired) electrons. The summed E-state index contributed by atoms with van der Waals surface area (Å²) in [5.74, 6) is 0.428. The van der Waals surface area contributed by atoms with Crippen LogP contribution in [-0.2, 0) is 9.59 Å². The predicted molar refractivity (Wildman–Crippen MR) is 123 cm³/mol. The average molecular weight is 426 g/mol. The summed E-state index contributed by atoms with van der Waals surface area (Å²) in [4.78, 5) is 31.4. The number of rotatable bonds is 6. The van der Waals surface area contributed by atoms with E-state index in [2.05, 4.69) is 10.3 Å². The minimum atomic E-state index is -0.532. The number of nitrogens with zero attached hydrogens (tertiary/aromatic N) is 2. The van der Waals surface area contributed by atoms with Gasteiger partial charge in [-0.2, -0.15) is 0 Å². The number of aryl methyl sites for hydroxylation is 2. The van der Waals surface area contributed by atoms with E-state index < -0.39 is 5.25 Å². The molecule has 1 aliphatic heterocycles. The molecular weight excluding hydrogens is 398 g/mol. The van der Waals surface area contributed by atoms with Crippen LogP contribution < -0.4 is 10.1 Å². The van der Waals surface area contributed by atoms with Crippen LogP contribution in [0.4, 0.5) is 11.4 Å². The smallest absolute Gasteiger partial charge is 0.238 e. The number of carbonyl (C=O) groups is 2. The van der Waals surface area contributed by atoms with Crippen molar-refractivity contribution in [1.29, 1.82) is 0 Å². The minimum absolute atomic E-state index is 0.125. The summed E-state index contributed by atoms with van der Waals surface area (Å²) in [7, 11) is 1.69. The Morgan fingerprint density at radius 2 is 1.93 bits per heavy atom. The Morgan fingerprint density at radius 1 is 1.20 bits per heavy atom. The zero-order valence-corrected chi connectivity index (χ0v) is 18.6. The van der Waals surface area contributed by atoms with Gasteiger partial charge in [0.05, 0.1) is 12.3 Å². The lowest BCUT2D eigenvalue weighted by molar-refractivity contribution is -0.128. The summed E-state index contributed by atoms with van der Waals surface area (Å²) >= 11 is 1.31. The molecule has 1 saturated heterocycles. The third-order valence-electron chi connectivity index (χ3n) is 4.87. The van der Waals surface area contributed by atoms with Crippen molar-refractivity contribution >= 4 is 40.1 Å². The van der Waals surface area contributed by atoms with Crippen molar-refractivity contribution in [3.05, 3.63) is 53.6 Å². The van der Waals surface area contributed by atoms with Crippen LogP contribution in [0.2, 0.25) is 0 Å². The largest absolute Gasteiger partial charge is 0.494 e. The highest BCUT2D eigenvalue weighted by atomic mass is 32.2. The van der Waals surface area contributed by atoms with Crippen LogP contribution in [0.1, 0.15) is 30.9 Å². The first-order valence-electron chi connectivity index (χ1n) is 10.00. The molecule has 2 aromatic rings. The second-order valence-corrected chi connectivity index (χ2v) is 8.46. The summed E-state index contributed by atoms with van der Waals surface area (Å²) in [5, 5.41) is 2.88. The SMILES string of the molecule is CCCOc1ccc(NC(=O)C2CC(=O)N(C)C(=Nc3ccc(C)c(C)c3)S2)cc1. The first-order valence-corrected chi connectivity index (χ1v) is 10.9. The first-order chi connectivity index (χ1) is 14.4. The Labute approximate surface area is 181 Å². The van der Waals surface area contributed by atoms with Gasteiger partial charge >= 0.3 is 0 Å². The van der Waals surface area contributed by atoms with Gasteiger partial charge in [0.1, 0.15) is 11.0 Å². The molecule has 7 heteroatoms. The third kappa shape index (κ3) is 5.42. The predicted octanol–water partition coefficient (Wildman–Crippen LogP) is 4.68. The summed E-state index contributed by atoms with van der Waals surface area (Å²) < 4.78 is 5.56. The van der Waals surface area contributed by atoms with Crippen molar-refractivity contribution in [2.75, 3.05) is 19.0 Å². The van der Waals surface area contributed by atoms with E-state index in [-0.39, 0.29) is 18.2 Å². The highest BCUT2D eigenvalue weighted by Crippen LogP contribution is 2.29. The van der Waals surface area contributed by atoms with E-state index in [1.54, 1.807) is 19.2 Å². The molecule has 3 rings (SSSR count). The molecule has 0 aliphatic carbocycles. The van der Waals surface area contributed by atoms with Gasteiger partial charge < -0.3 is 10.1 Å². The number of carbonyl (C=O) groups excluding carboxylic acids is 2. The number of hydrogen-bond acceptors (Lipinski definition) is 5. The lowest BCUT2D eigenvalue weighted by Gasteiger charge is -2.28. The summed E-state index contributed by atoms with van der Waals surface area (Å²) in [5.41, 5.74) is 3.75. The van der Waals surface area contributed by atoms with Crippen molar-refractivity contribution in [2.24, 2.45) is 4.99 Å². The molecule has 30 heavy (non-hydrogen) atoms. The quantitative estimate of drug-likeness (QED) is 0.729. The van der Waals surface area contributed by atoms with Gasteiger partial charge in [-0.05, 0) is 67.8 Å². The highest BCUT2D eigenvalue weighted by Gasteiger charge is 2.34. The Morgan fingerprint density at radius 3 is 2.60 bits per heavy atom. The van der Waals surface area contributed by atoms with Gasteiger partial charge in [-0.25, -0.2) is 4.99 Å². The average Bonchev–Trinajstić information content (AvgIpc) is 2.73. The van der Waals surface area contributed by atoms with Crippen molar-refractivity contribution in [2.45, 2.75) is 38.9 Å². The number of benzene rings is 2. The van der Waals surface area contributed by atoms with Gasteiger partial charge in [-0.1, -0.05) is 24.8 Å². The van der Waals surface area contributed by atoms with Crippen LogP contribution in [-0.4, -0.2) is 40.8 Å². The summed E-state index contributed by atoms with van der Waals surface area (Å²) in [6, 6.07) is 13.1. The number of nitrogens with one attached hydrogen (secondary N) is 1. The van der Waals surface area contributed by atoms with Crippen LogP contribution >= 0.6 is 11.8 Å². The lowest BCUT2D eigenvalue weighted by atomic mass is 10.1. The van der Waals surface area contributed by atoms with Gasteiger partial charge in [0, 0.05) is 19.2 Å². The van der Waals surface area contributed by atoms with Crippen LogP contribution in [0.5, 0.6) is 5.75 Å². The van der Waals surface area contributed by atoms with Gasteiger partial charge in [-0.3, -0.25) is 14.5 Å². The Hall–Kier alpha value is -2.80.